The van der Waals surface area contributed by atoms with Crippen molar-refractivity contribution in [2.24, 2.45) is 10.8 Å². The van der Waals surface area contributed by atoms with Gasteiger partial charge in [-0.1, -0.05) is 101 Å². The van der Waals surface area contributed by atoms with E-state index in [1.54, 1.807) is 47.1 Å². The minimum atomic E-state index is -0.886. The van der Waals surface area contributed by atoms with Gasteiger partial charge in [-0.25, -0.2) is 9.36 Å². The van der Waals surface area contributed by atoms with Gasteiger partial charge in [0.15, 0.2) is 0 Å². The Morgan fingerprint density at radius 3 is 1.35 bits per heavy atom. The number of aryl methyl sites for hydroxylation is 4. The van der Waals surface area contributed by atoms with E-state index in [1.165, 1.54) is 11.1 Å². The number of benzene rings is 2. The SMILES string of the molecule is CN[C@@H](C)C(=O)N[C@H](C(=O)N1C[C@@H](n2cc(CCCCc3cn([C@H]4C[C@@H](C(=O)N[C@@H]5CCCc6ccccc65)N(C(=O)[C@@H](NC(=O)[C@H](C)NC)C(C)(C)C)C4)nn3)nn2)C[C@H]1C(=O)N[C@@H]1CCCc2ccccc21)C(C)(C)C. The lowest BCUT2D eigenvalue weighted by Crippen LogP contribution is -2.59. The molecule has 20 heteroatoms. The number of carbonyl (C=O) groups excluding carboxylic acids is 6. The number of rotatable bonds is 19. The van der Waals surface area contributed by atoms with Crippen molar-refractivity contribution in [3.05, 3.63) is 94.6 Å². The molecule has 0 spiro atoms. The number of amides is 6. The predicted octanol–water partition coefficient (Wildman–Crippen LogP) is 4.38. The molecule has 20 nitrogen and oxygen atoms in total. The average molecular weight is 1070 g/mol. The lowest BCUT2D eigenvalue weighted by atomic mass is 9.85. The highest BCUT2D eigenvalue weighted by atomic mass is 16.2. The minimum absolute atomic E-state index is 0.170. The summed E-state index contributed by atoms with van der Waals surface area (Å²) in [6.07, 6.45) is 12.7. The highest BCUT2D eigenvalue weighted by Crippen LogP contribution is 2.36. The summed E-state index contributed by atoms with van der Waals surface area (Å²) >= 11 is 0. The van der Waals surface area contributed by atoms with Crippen LogP contribution in [0.25, 0.3) is 0 Å². The molecule has 0 bridgehead atoms. The van der Waals surface area contributed by atoms with Crippen LogP contribution in [0.5, 0.6) is 0 Å². The Kier molecular flexibility index (Phi) is 18.2. The molecule has 4 aliphatic rings. The normalized spacial score (nSPS) is 22.8. The third-order valence-electron chi connectivity index (χ3n) is 16.5. The third kappa shape index (κ3) is 13.3. The number of hydrogen-bond acceptors (Lipinski definition) is 12. The molecule has 6 N–H and O–H groups in total. The number of unbranched alkanes of at least 4 members (excludes halogenated alkanes) is 1. The zero-order valence-electron chi connectivity index (χ0n) is 47.5. The monoisotopic (exact) mass is 1070 g/mol. The molecule has 8 rings (SSSR count). The largest absolute Gasteiger partial charge is 0.347 e. The van der Waals surface area contributed by atoms with Crippen molar-refractivity contribution in [1.29, 1.82) is 0 Å². The summed E-state index contributed by atoms with van der Waals surface area (Å²) in [4.78, 5) is 88.0. The summed E-state index contributed by atoms with van der Waals surface area (Å²) in [7, 11) is 3.39. The summed E-state index contributed by atoms with van der Waals surface area (Å²) in [5.74, 6) is -1.69. The molecule has 2 aliphatic heterocycles. The van der Waals surface area contributed by atoms with E-state index in [0.29, 0.717) is 25.7 Å². The molecule has 2 aromatic heterocycles. The first-order chi connectivity index (χ1) is 37.1. The summed E-state index contributed by atoms with van der Waals surface area (Å²) in [6, 6.07) is 11.0. The Labute approximate surface area is 459 Å². The van der Waals surface area contributed by atoms with E-state index in [9.17, 15) is 28.8 Å². The number of likely N-dealkylation sites (N-methyl/N-ethyl adjacent to an activating group) is 2. The number of likely N-dealkylation sites (tertiary alicyclic amines) is 2. The zero-order chi connectivity index (χ0) is 56.1. The van der Waals surface area contributed by atoms with E-state index in [1.807, 2.05) is 78.2 Å². The second-order valence-corrected chi connectivity index (χ2v) is 24.3. The minimum Gasteiger partial charge on any atom is -0.347 e. The second kappa shape index (κ2) is 24.6. The van der Waals surface area contributed by atoms with Crippen LogP contribution >= 0.6 is 0 Å². The van der Waals surface area contributed by atoms with E-state index in [2.05, 4.69) is 76.8 Å². The van der Waals surface area contributed by atoms with Crippen molar-refractivity contribution >= 4 is 35.4 Å². The van der Waals surface area contributed by atoms with Gasteiger partial charge in [0.25, 0.3) is 0 Å². The van der Waals surface area contributed by atoms with Crippen LogP contribution in [0.3, 0.4) is 0 Å². The number of hydrogen-bond donors (Lipinski definition) is 6. The zero-order valence-corrected chi connectivity index (χ0v) is 47.5. The van der Waals surface area contributed by atoms with Gasteiger partial charge in [-0.15, -0.1) is 10.2 Å². The molecule has 2 aliphatic carbocycles. The molecule has 422 valence electrons. The van der Waals surface area contributed by atoms with Crippen LogP contribution in [0, 0.1) is 10.8 Å². The fourth-order valence-electron chi connectivity index (χ4n) is 11.6. The molecule has 0 unspecified atom stereocenters. The standard InChI is InChI=1S/C58H84N14O6/c1-35(59-9)51(73)63-49(57(3,4)5)55(77)69-33-41(29-47(69)53(75)61-45-27-17-21-37-19-11-15-25-43(37)45)71-31-39(65-67-71)23-13-14-24-40-32-72(68-66-40)42-30-48(54(76)62-46-28-18-22-38-20-12-16-26-44(38)46)70(34-42)56(78)50(58(6,7)8)64-52(74)36(2)60-10/h11-12,15-16,19-20,25-26,31-32,35-36,41-42,45-50,59-60H,13-14,17-18,21-24,27-30,33-34H2,1-10H3,(H,61,75)(H,62,76)(H,63,73)(H,64,74)/t35-,36-,41-,42-,45+,46+,47-,48-,49+,50+/m0/s1. The molecule has 2 saturated heterocycles. The van der Waals surface area contributed by atoms with Gasteiger partial charge in [0, 0.05) is 38.3 Å². The third-order valence-corrected chi connectivity index (χ3v) is 16.5. The summed E-state index contributed by atoms with van der Waals surface area (Å²) in [5, 5.41) is 36.6. The molecular weight excluding hydrogens is 989 g/mol. The Morgan fingerprint density at radius 1 is 0.590 bits per heavy atom. The fraction of sp³-hybridized carbons (Fsp3) is 0.621. The molecular formula is C58H84N14O6. The van der Waals surface area contributed by atoms with E-state index >= 15 is 0 Å². The highest BCUT2D eigenvalue weighted by molar-refractivity contribution is 5.95. The molecule has 6 amide bonds. The van der Waals surface area contributed by atoms with Crippen LogP contribution < -0.4 is 31.9 Å². The van der Waals surface area contributed by atoms with Gasteiger partial charge in [0.05, 0.1) is 47.6 Å². The topological polar surface area (TPSA) is 242 Å². The number of nitrogens with one attached hydrogen (secondary N) is 6. The first-order valence-electron chi connectivity index (χ1n) is 28.3. The van der Waals surface area contributed by atoms with Crippen molar-refractivity contribution in [2.45, 2.75) is 193 Å². The maximum absolute atomic E-state index is 14.7. The molecule has 4 aromatic rings. The molecule has 4 heterocycles. The van der Waals surface area contributed by atoms with Gasteiger partial charge in [-0.3, -0.25) is 28.8 Å². The molecule has 2 fully saturated rings. The van der Waals surface area contributed by atoms with E-state index < -0.39 is 47.1 Å². The van der Waals surface area contributed by atoms with Crippen LogP contribution in [0.15, 0.2) is 60.9 Å². The first kappa shape index (κ1) is 57.6. The van der Waals surface area contributed by atoms with Crippen LogP contribution in [0.4, 0.5) is 0 Å². The Balaban J connectivity index is 0.922. The smallest absolute Gasteiger partial charge is 0.246 e. The number of aromatic nitrogens is 6. The molecule has 78 heavy (non-hydrogen) atoms. The van der Waals surface area contributed by atoms with E-state index in [4.69, 9.17) is 0 Å². The van der Waals surface area contributed by atoms with Crippen molar-refractivity contribution in [3.63, 3.8) is 0 Å². The molecule has 2 aromatic carbocycles. The van der Waals surface area contributed by atoms with Crippen molar-refractivity contribution in [2.75, 3.05) is 27.2 Å². The first-order valence-corrected chi connectivity index (χ1v) is 28.3. The summed E-state index contributed by atoms with van der Waals surface area (Å²) in [5.41, 5.74) is 4.92. The lowest BCUT2D eigenvalue weighted by molar-refractivity contribution is -0.144. The van der Waals surface area contributed by atoms with Gasteiger partial charge in [0.1, 0.15) is 24.2 Å². The maximum atomic E-state index is 14.7. The fourth-order valence-corrected chi connectivity index (χ4v) is 11.6. The number of fused-ring (bicyclic) bond motifs is 2. The van der Waals surface area contributed by atoms with Crippen LogP contribution in [0.2, 0.25) is 0 Å². The highest BCUT2D eigenvalue weighted by Gasteiger charge is 2.48. The quantitative estimate of drug-likeness (QED) is 0.0718. The van der Waals surface area contributed by atoms with Gasteiger partial charge in [-0.05, 0) is 125 Å². The van der Waals surface area contributed by atoms with Gasteiger partial charge >= 0.3 is 0 Å². The van der Waals surface area contributed by atoms with E-state index in [0.717, 1.165) is 73.9 Å². The summed E-state index contributed by atoms with van der Waals surface area (Å²) in [6.45, 7) is 15.4. The Hall–Kier alpha value is -6.54. The van der Waals surface area contributed by atoms with Gasteiger partial charge < -0.3 is 41.7 Å². The predicted molar refractivity (Wildman–Crippen MR) is 295 cm³/mol. The summed E-state index contributed by atoms with van der Waals surface area (Å²) < 4.78 is 3.55. The molecule has 0 radical (unpaired) electrons. The number of carbonyl (C=O) groups is 6. The number of nitrogens with zero attached hydrogens (tertiary/aromatic N) is 8. The van der Waals surface area contributed by atoms with Crippen LogP contribution in [-0.2, 0) is 54.5 Å². The maximum Gasteiger partial charge on any atom is 0.246 e. The van der Waals surface area contributed by atoms with Crippen molar-refractivity contribution in [3.8, 4) is 0 Å². The lowest BCUT2D eigenvalue weighted by Gasteiger charge is -2.36. The van der Waals surface area contributed by atoms with Crippen molar-refractivity contribution in [1.82, 2.24) is 71.7 Å². The van der Waals surface area contributed by atoms with Gasteiger partial charge in [-0.2, -0.15) is 0 Å². The molecule has 10 atom stereocenters. The second-order valence-electron chi connectivity index (χ2n) is 24.3. The van der Waals surface area contributed by atoms with Crippen LogP contribution in [-0.4, -0.2) is 139 Å². The van der Waals surface area contributed by atoms with Gasteiger partial charge in [0.2, 0.25) is 35.4 Å². The Bertz CT molecular complexity index is 2590. The Morgan fingerprint density at radius 2 is 0.974 bits per heavy atom. The van der Waals surface area contributed by atoms with Crippen molar-refractivity contribution < 1.29 is 28.8 Å². The van der Waals surface area contributed by atoms with E-state index in [-0.39, 0.29) is 72.7 Å². The average Bonchev–Trinajstić information content (AvgIpc) is 4.30. The molecule has 0 saturated carbocycles. The van der Waals surface area contributed by atoms with Crippen LogP contribution in [0.1, 0.15) is 165 Å².